The van der Waals surface area contributed by atoms with Crippen LogP contribution in [0.15, 0.2) is 41.6 Å². The van der Waals surface area contributed by atoms with E-state index >= 15 is 0 Å². The summed E-state index contributed by atoms with van der Waals surface area (Å²) in [4.78, 5) is 18.3. The second-order valence-electron chi connectivity index (χ2n) is 3.87. The first-order valence-electron chi connectivity index (χ1n) is 5.41. The number of carboxylic acid groups (broad SMARTS) is 1. The summed E-state index contributed by atoms with van der Waals surface area (Å²) in [6.07, 6.45) is 2.85. The number of aromatic carboxylic acids is 1. The van der Waals surface area contributed by atoms with Crippen molar-refractivity contribution < 1.29 is 18.3 Å². The molecule has 0 fully saturated rings. The molecule has 0 amide bonds. The molecule has 0 spiro atoms. The van der Waals surface area contributed by atoms with Gasteiger partial charge in [0.2, 0.25) is 0 Å². The van der Waals surface area contributed by atoms with Crippen molar-refractivity contribution in [3.05, 3.63) is 53.1 Å². The van der Waals surface area contributed by atoms with E-state index in [9.17, 15) is 13.2 Å². The summed E-state index contributed by atoms with van der Waals surface area (Å²) in [5.74, 6) is -1.56. The second-order valence-corrected chi connectivity index (χ2v) is 6.24. The average molecular weight is 313 g/mol. The minimum Gasteiger partial charge on any atom is -0.478 e. The predicted molar refractivity (Wildman–Crippen MR) is 71.3 cm³/mol. The molecule has 6 nitrogen and oxygen atoms in total. The maximum absolute atomic E-state index is 12.2. The summed E-state index contributed by atoms with van der Waals surface area (Å²) in [5, 5.41) is 8.86. The third-order valence-electron chi connectivity index (χ3n) is 2.45. The molecule has 0 aliphatic rings. The fourth-order valence-electron chi connectivity index (χ4n) is 1.53. The molecule has 104 valence electrons. The lowest BCUT2D eigenvalue weighted by Gasteiger charge is -2.06. The van der Waals surface area contributed by atoms with Crippen molar-refractivity contribution >= 4 is 27.4 Å². The highest BCUT2D eigenvalue weighted by Gasteiger charge is 2.21. The van der Waals surface area contributed by atoms with Gasteiger partial charge < -0.3 is 5.11 Å². The quantitative estimate of drug-likeness (QED) is 0.924. The second kappa shape index (κ2) is 5.56. The summed E-state index contributed by atoms with van der Waals surface area (Å²) >= 11 is 5.84. The molecule has 0 bridgehead atoms. The number of rotatable bonds is 4. The number of sulfone groups is 1. The zero-order valence-electron chi connectivity index (χ0n) is 10.0. The summed E-state index contributed by atoms with van der Waals surface area (Å²) in [5.41, 5.74) is -0.151. The van der Waals surface area contributed by atoms with Crippen molar-refractivity contribution in [2.75, 3.05) is 0 Å². The number of aromatic nitrogens is 2. The van der Waals surface area contributed by atoms with Gasteiger partial charge in [0.05, 0.1) is 15.5 Å². The zero-order valence-corrected chi connectivity index (χ0v) is 11.6. The number of halogens is 1. The van der Waals surface area contributed by atoms with Gasteiger partial charge in [0, 0.05) is 12.4 Å². The summed E-state index contributed by atoms with van der Waals surface area (Å²) in [7, 11) is -3.82. The van der Waals surface area contributed by atoms with E-state index < -0.39 is 21.6 Å². The number of hydrogen-bond acceptors (Lipinski definition) is 5. The fraction of sp³-hybridized carbons (Fsp3) is 0.0833. The average Bonchev–Trinajstić information content (AvgIpc) is 2.39. The molecular weight excluding hydrogens is 304 g/mol. The Labute approximate surface area is 120 Å². The van der Waals surface area contributed by atoms with Gasteiger partial charge in [-0.05, 0) is 24.3 Å². The molecule has 1 N–H and O–H groups in total. The van der Waals surface area contributed by atoms with Crippen LogP contribution in [-0.2, 0) is 15.6 Å². The lowest BCUT2D eigenvalue weighted by Crippen LogP contribution is -2.09. The van der Waals surface area contributed by atoms with E-state index in [4.69, 9.17) is 16.7 Å². The van der Waals surface area contributed by atoms with Gasteiger partial charge in [0.25, 0.3) is 0 Å². The van der Waals surface area contributed by atoms with E-state index in [0.29, 0.717) is 0 Å². The molecule has 0 saturated heterocycles. The third-order valence-corrected chi connectivity index (χ3v) is 4.54. The Morgan fingerprint density at radius 1 is 1.25 bits per heavy atom. The van der Waals surface area contributed by atoms with Crippen LogP contribution in [0.25, 0.3) is 0 Å². The van der Waals surface area contributed by atoms with Crippen LogP contribution in [0.3, 0.4) is 0 Å². The lowest BCUT2D eigenvalue weighted by molar-refractivity contribution is 0.0696. The van der Waals surface area contributed by atoms with E-state index in [2.05, 4.69) is 9.97 Å². The van der Waals surface area contributed by atoms with Gasteiger partial charge in [0.15, 0.2) is 9.84 Å². The van der Waals surface area contributed by atoms with Crippen molar-refractivity contribution in [3.63, 3.8) is 0 Å². The van der Waals surface area contributed by atoms with E-state index in [0.717, 1.165) is 6.07 Å². The Hall–Kier alpha value is -1.99. The lowest BCUT2D eigenvalue weighted by atomic mass is 10.2. The molecule has 1 heterocycles. The monoisotopic (exact) mass is 312 g/mol. The van der Waals surface area contributed by atoms with Crippen LogP contribution in [0.5, 0.6) is 0 Å². The van der Waals surface area contributed by atoms with Crippen LogP contribution in [-0.4, -0.2) is 29.5 Å². The molecule has 0 aliphatic heterocycles. The Kier molecular flexibility index (Phi) is 4.01. The Bertz CT molecular complexity index is 747. The summed E-state index contributed by atoms with van der Waals surface area (Å²) in [6.45, 7) is 0. The molecule has 2 rings (SSSR count). The largest absolute Gasteiger partial charge is 0.478 e. The van der Waals surface area contributed by atoms with Gasteiger partial charge >= 0.3 is 5.97 Å². The number of nitrogens with zero attached hydrogens (tertiary/aromatic N) is 2. The topological polar surface area (TPSA) is 97.2 Å². The van der Waals surface area contributed by atoms with Crippen LogP contribution < -0.4 is 0 Å². The third kappa shape index (κ3) is 3.12. The molecule has 2 aromatic rings. The molecule has 0 aliphatic carbocycles. The Morgan fingerprint density at radius 3 is 2.50 bits per heavy atom. The van der Waals surface area contributed by atoms with Crippen molar-refractivity contribution in [2.45, 2.75) is 10.6 Å². The van der Waals surface area contributed by atoms with Crippen molar-refractivity contribution in [1.29, 1.82) is 0 Å². The van der Waals surface area contributed by atoms with E-state index in [-0.39, 0.29) is 21.3 Å². The first-order valence-corrected chi connectivity index (χ1v) is 7.44. The highest BCUT2D eigenvalue weighted by atomic mass is 35.5. The van der Waals surface area contributed by atoms with Crippen LogP contribution in [0, 0.1) is 0 Å². The molecule has 0 unspecified atom stereocenters. The zero-order chi connectivity index (χ0) is 14.8. The van der Waals surface area contributed by atoms with Crippen LogP contribution in [0.4, 0.5) is 0 Å². The molecule has 20 heavy (non-hydrogen) atoms. The van der Waals surface area contributed by atoms with Crippen molar-refractivity contribution in [3.8, 4) is 0 Å². The standard InChI is InChI=1S/C12H9ClN2O4S/c13-9-3-2-8(12(16)17)6-10(9)20(18,19)7-11-14-4-1-5-15-11/h1-6H,7H2,(H,16,17). The van der Waals surface area contributed by atoms with Gasteiger partial charge in [0.1, 0.15) is 11.6 Å². The first kappa shape index (κ1) is 14.4. The summed E-state index contributed by atoms with van der Waals surface area (Å²) < 4.78 is 24.5. The first-order chi connectivity index (χ1) is 9.40. The summed E-state index contributed by atoms with van der Waals surface area (Å²) in [6, 6.07) is 5.07. The van der Waals surface area contributed by atoms with Crippen LogP contribution >= 0.6 is 11.6 Å². The molecule has 0 saturated carbocycles. The Morgan fingerprint density at radius 2 is 1.90 bits per heavy atom. The molecule has 0 atom stereocenters. The normalized spacial score (nSPS) is 11.2. The molecule has 1 aromatic carbocycles. The molecule has 8 heteroatoms. The van der Waals surface area contributed by atoms with Gasteiger partial charge in [-0.3, -0.25) is 0 Å². The number of hydrogen-bond donors (Lipinski definition) is 1. The maximum atomic E-state index is 12.2. The van der Waals surface area contributed by atoms with Crippen molar-refractivity contribution in [2.24, 2.45) is 0 Å². The maximum Gasteiger partial charge on any atom is 0.335 e. The SMILES string of the molecule is O=C(O)c1ccc(Cl)c(S(=O)(=O)Cc2ncccn2)c1. The van der Waals surface area contributed by atoms with Crippen LogP contribution in [0.2, 0.25) is 5.02 Å². The van der Waals surface area contributed by atoms with Gasteiger partial charge in [-0.25, -0.2) is 23.2 Å². The minimum absolute atomic E-state index is 0.0362. The highest BCUT2D eigenvalue weighted by molar-refractivity contribution is 7.90. The van der Waals surface area contributed by atoms with Gasteiger partial charge in [-0.15, -0.1) is 0 Å². The highest BCUT2D eigenvalue weighted by Crippen LogP contribution is 2.25. The van der Waals surface area contributed by atoms with Gasteiger partial charge in [-0.2, -0.15) is 0 Å². The van der Waals surface area contributed by atoms with E-state index in [1.165, 1.54) is 24.5 Å². The van der Waals surface area contributed by atoms with Crippen LogP contribution in [0.1, 0.15) is 16.2 Å². The van der Waals surface area contributed by atoms with E-state index in [1.54, 1.807) is 6.07 Å². The molecular formula is C12H9ClN2O4S. The molecule has 0 radical (unpaired) electrons. The minimum atomic E-state index is -3.82. The molecule has 1 aromatic heterocycles. The number of carboxylic acids is 1. The van der Waals surface area contributed by atoms with Gasteiger partial charge in [-0.1, -0.05) is 11.6 Å². The van der Waals surface area contributed by atoms with E-state index in [1.807, 2.05) is 0 Å². The number of benzene rings is 1. The fourth-order valence-corrected chi connectivity index (χ4v) is 3.31. The van der Waals surface area contributed by atoms with Crippen molar-refractivity contribution in [1.82, 2.24) is 9.97 Å². The Balaban J connectivity index is 2.44. The smallest absolute Gasteiger partial charge is 0.335 e. The number of carbonyl (C=O) groups is 1. The predicted octanol–water partition coefficient (Wildman–Crippen LogP) is 1.80.